The van der Waals surface area contributed by atoms with Gasteiger partial charge in [-0.15, -0.1) is 0 Å². The van der Waals surface area contributed by atoms with E-state index in [1.807, 2.05) is 24.3 Å². The number of nitrogens with one attached hydrogen (secondary N) is 1. The number of rotatable bonds is 5. The Morgan fingerprint density at radius 2 is 1.76 bits per heavy atom. The summed E-state index contributed by atoms with van der Waals surface area (Å²) in [6.45, 7) is 1.90. The normalized spacial score (nSPS) is 13.6. The van der Waals surface area contributed by atoms with Crippen LogP contribution < -0.4 is 10.1 Å². The molecule has 1 aliphatic heterocycles. The van der Waals surface area contributed by atoms with E-state index < -0.39 is 0 Å². The predicted molar refractivity (Wildman–Crippen MR) is 93.5 cm³/mol. The zero-order valence-corrected chi connectivity index (χ0v) is 14.2. The molecule has 0 radical (unpaired) electrons. The molecule has 0 atom stereocenters. The van der Waals surface area contributed by atoms with Crippen LogP contribution in [0.3, 0.4) is 0 Å². The maximum Gasteiger partial charge on any atom is 0.272 e. The molecule has 0 bridgehead atoms. The molecular weight excluding hydrogens is 318 g/mol. The summed E-state index contributed by atoms with van der Waals surface area (Å²) < 4.78 is 5.11. The Morgan fingerprint density at radius 1 is 1.08 bits per heavy atom. The summed E-state index contributed by atoms with van der Waals surface area (Å²) in [5.41, 5.74) is 1.52. The van der Waals surface area contributed by atoms with Crippen molar-refractivity contribution in [1.82, 2.24) is 15.2 Å². The van der Waals surface area contributed by atoms with Crippen molar-refractivity contribution >= 4 is 11.8 Å². The highest BCUT2D eigenvalue weighted by molar-refractivity contribution is 5.96. The van der Waals surface area contributed by atoms with Crippen molar-refractivity contribution < 1.29 is 14.3 Å². The molecule has 25 heavy (non-hydrogen) atoms. The predicted octanol–water partition coefficient (Wildman–Crippen LogP) is 2.26. The molecule has 2 heterocycles. The van der Waals surface area contributed by atoms with E-state index in [9.17, 15) is 9.59 Å². The minimum atomic E-state index is -0.299. The number of hydrogen-bond acceptors (Lipinski definition) is 4. The molecule has 1 saturated heterocycles. The molecule has 1 aromatic heterocycles. The van der Waals surface area contributed by atoms with Gasteiger partial charge in [0.2, 0.25) is 0 Å². The highest BCUT2D eigenvalue weighted by Gasteiger charge is 2.21. The fraction of sp³-hybridized carbons (Fsp3) is 0.316. The van der Waals surface area contributed by atoms with Crippen LogP contribution >= 0.6 is 0 Å². The van der Waals surface area contributed by atoms with Gasteiger partial charge in [0.25, 0.3) is 11.8 Å². The first-order chi connectivity index (χ1) is 12.2. The number of methoxy groups -OCH3 is 1. The topological polar surface area (TPSA) is 71.5 Å². The SMILES string of the molecule is COc1ccc(CNC(=O)c2cccc(C(=O)N3CCCC3)n2)cc1. The highest BCUT2D eigenvalue weighted by atomic mass is 16.5. The van der Waals surface area contributed by atoms with E-state index in [0.29, 0.717) is 12.2 Å². The number of ether oxygens (including phenoxy) is 1. The van der Waals surface area contributed by atoms with Crippen LogP contribution in [0.5, 0.6) is 5.75 Å². The summed E-state index contributed by atoms with van der Waals surface area (Å²) in [4.78, 5) is 30.7. The molecule has 1 fully saturated rings. The van der Waals surface area contributed by atoms with E-state index in [1.54, 1.807) is 30.2 Å². The second-order valence-electron chi connectivity index (χ2n) is 5.94. The maximum atomic E-state index is 12.4. The van der Waals surface area contributed by atoms with Gasteiger partial charge in [-0.3, -0.25) is 9.59 Å². The Balaban J connectivity index is 1.63. The monoisotopic (exact) mass is 339 g/mol. The van der Waals surface area contributed by atoms with Gasteiger partial charge >= 0.3 is 0 Å². The van der Waals surface area contributed by atoms with Crippen LogP contribution in [0.1, 0.15) is 39.4 Å². The molecule has 1 N–H and O–H groups in total. The van der Waals surface area contributed by atoms with Gasteiger partial charge in [-0.1, -0.05) is 18.2 Å². The summed E-state index contributed by atoms with van der Waals surface area (Å²) in [5, 5.41) is 2.82. The number of carbonyl (C=O) groups is 2. The van der Waals surface area contributed by atoms with Gasteiger partial charge in [-0.2, -0.15) is 0 Å². The van der Waals surface area contributed by atoms with Crippen molar-refractivity contribution in [2.75, 3.05) is 20.2 Å². The van der Waals surface area contributed by atoms with E-state index >= 15 is 0 Å². The minimum absolute atomic E-state index is 0.109. The molecule has 2 aromatic rings. The third kappa shape index (κ3) is 4.15. The summed E-state index contributed by atoms with van der Waals surface area (Å²) in [7, 11) is 1.61. The van der Waals surface area contributed by atoms with Crippen LogP contribution in [0.15, 0.2) is 42.5 Å². The lowest BCUT2D eigenvalue weighted by atomic mass is 10.2. The second kappa shape index (κ2) is 7.79. The molecule has 0 aliphatic carbocycles. The highest BCUT2D eigenvalue weighted by Crippen LogP contribution is 2.13. The van der Waals surface area contributed by atoms with E-state index in [0.717, 1.165) is 37.2 Å². The van der Waals surface area contributed by atoms with Crippen LogP contribution in [0.2, 0.25) is 0 Å². The molecule has 0 unspecified atom stereocenters. The quantitative estimate of drug-likeness (QED) is 0.907. The summed E-state index contributed by atoms with van der Waals surface area (Å²) in [6, 6.07) is 12.4. The molecule has 3 rings (SSSR count). The summed E-state index contributed by atoms with van der Waals surface area (Å²) in [6.07, 6.45) is 2.04. The minimum Gasteiger partial charge on any atom is -0.497 e. The fourth-order valence-corrected chi connectivity index (χ4v) is 2.78. The first-order valence-electron chi connectivity index (χ1n) is 8.35. The summed E-state index contributed by atoms with van der Waals surface area (Å²) in [5.74, 6) is 0.360. The van der Waals surface area contributed by atoms with Crippen molar-refractivity contribution in [3.8, 4) is 5.75 Å². The third-order valence-corrected chi connectivity index (χ3v) is 4.21. The van der Waals surface area contributed by atoms with Crippen LogP contribution in [-0.2, 0) is 6.54 Å². The fourth-order valence-electron chi connectivity index (χ4n) is 2.78. The molecule has 0 spiro atoms. The number of likely N-dealkylation sites (tertiary alicyclic amines) is 1. The average Bonchev–Trinajstić information content (AvgIpc) is 3.20. The van der Waals surface area contributed by atoms with Crippen LogP contribution in [-0.4, -0.2) is 41.9 Å². The lowest BCUT2D eigenvalue weighted by Gasteiger charge is -2.14. The lowest BCUT2D eigenvalue weighted by molar-refractivity contribution is 0.0787. The number of benzene rings is 1. The van der Waals surface area contributed by atoms with Crippen LogP contribution in [0.25, 0.3) is 0 Å². The second-order valence-corrected chi connectivity index (χ2v) is 5.94. The smallest absolute Gasteiger partial charge is 0.272 e. The van der Waals surface area contributed by atoms with E-state index in [2.05, 4.69) is 10.3 Å². The van der Waals surface area contributed by atoms with Crippen molar-refractivity contribution in [2.24, 2.45) is 0 Å². The molecule has 2 amide bonds. The maximum absolute atomic E-state index is 12.4. The molecule has 6 nitrogen and oxygen atoms in total. The molecule has 1 aliphatic rings. The van der Waals surface area contributed by atoms with Crippen molar-refractivity contribution in [3.05, 3.63) is 59.4 Å². The number of nitrogens with zero attached hydrogens (tertiary/aromatic N) is 2. The first kappa shape index (κ1) is 17.0. The summed E-state index contributed by atoms with van der Waals surface area (Å²) >= 11 is 0. The van der Waals surface area contributed by atoms with Gasteiger partial charge in [0.1, 0.15) is 17.1 Å². The molecule has 0 saturated carbocycles. The standard InChI is InChI=1S/C19H21N3O3/c1-25-15-9-7-14(8-10-15)13-20-18(23)16-5-4-6-17(21-16)19(24)22-11-2-3-12-22/h4-10H,2-3,11-13H2,1H3,(H,20,23). The van der Waals surface area contributed by atoms with Crippen molar-refractivity contribution in [2.45, 2.75) is 19.4 Å². The largest absolute Gasteiger partial charge is 0.497 e. The van der Waals surface area contributed by atoms with Crippen LogP contribution in [0, 0.1) is 0 Å². The molecule has 130 valence electrons. The number of amides is 2. The van der Waals surface area contributed by atoms with E-state index in [4.69, 9.17) is 4.74 Å². The van der Waals surface area contributed by atoms with Crippen molar-refractivity contribution in [3.63, 3.8) is 0 Å². The van der Waals surface area contributed by atoms with Gasteiger partial charge < -0.3 is 15.0 Å². The Labute approximate surface area is 146 Å². The zero-order valence-electron chi connectivity index (χ0n) is 14.2. The van der Waals surface area contributed by atoms with Crippen LogP contribution in [0.4, 0.5) is 0 Å². The number of carbonyl (C=O) groups excluding carboxylic acids is 2. The van der Waals surface area contributed by atoms with E-state index in [-0.39, 0.29) is 17.5 Å². The molecule has 6 heteroatoms. The van der Waals surface area contributed by atoms with Gasteiger partial charge in [0.05, 0.1) is 7.11 Å². The number of pyridine rings is 1. The zero-order chi connectivity index (χ0) is 17.6. The first-order valence-corrected chi connectivity index (χ1v) is 8.35. The van der Waals surface area contributed by atoms with Gasteiger partial charge in [-0.05, 0) is 42.7 Å². The number of hydrogen-bond donors (Lipinski definition) is 1. The van der Waals surface area contributed by atoms with Crippen molar-refractivity contribution in [1.29, 1.82) is 0 Å². The number of aromatic nitrogens is 1. The lowest BCUT2D eigenvalue weighted by Crippen LogP contribution is -2.29. The molecule has 1 aromatic carbocycles. The molecular formula is C19H21N3O3. The third-order valence-electron chi connectivity index (χ3n) is 4.21. The van der Waals surface area contributed by atoms with Gasteiger partial charge in [0.15, 0.2) is 0 Å². The average molecular weight is 339 g/mol. The van der Waals surface area contributed by atoms with E-state index in [1.165, 1.54) is 0 Å². The Kier molecular flexibility index (Phi) is 5.28. The Hall–Kier alpha value is -2.89. The van der Waals surface area contributed by atoms with Gasteiger partial charge in [0, 0.05) is 19.6 Å². The Bertz CT molecular complexity index is 753. The van der Waals surface area contributed by atoms with Gasteiger partial charge in [-0.25, -0.2) is 4.98 Å². The Morgan fingerprint density at radius 3 is 2.44 bits per heavy atom.